The largest absolute Gasteiger partial charge is 0.387 e. The third-order valence-corrected chi connectivity index (χ3v) is 6.49. The zero-order chi connectivity index (χ0) is 20.7. The summed E-state index contributed by atoms with van der Waals surface area (Å²) in [6, 6.07) is 13.6. The van der Waals surface area contributed by atoms with Gasteiger partial charge in [-0.15, -0.1) is 0 Å². The van der Waals surface area contributed by atoms with E-state index in [4.69, 9.17) is 0 Å². The molecule has 4 heterocycles. The maximum absolute atomic E-state index is 13.4. The van der Waals surface area contributed by atoms with E-state index in [0.717, 1.165) is 54.5 Å². The highest BCUT2D eigenvalue weighted by atomic mass is 19.2. The molecule has 0 radical (unpaired) electrons. The summed E-state index contributed by atoms with van der Waals surface area (Å²) >= 11 is 0. The molecule has 152 valence electrons. The highest BCUT2D eigenvalue weighted by Crippen LogP contribution is 2.41. The van der Waals surface area contributed by atoms with Crippen LogP contribution >= 0.6 is 0 Å². The standard InChI is InChI=1S/C25H22F2N2O/c26-21-8-6-16(13-22(21)27)5-7-18-15-29-12-10-17(18)14-24(29)25(30)20-9-11-28-23-4-2-1-3-19(20)23/h1-4,6,8-9,11,13,17-18,24-25,30H,10,12,14-15H2/t17-,18-,24-,25+/m0/s1. The fourth-order valence-electron chi connectivity index (χ4n) is 4.89. The third kappa shape index (κ3) is 3.47. The highest BCUT2D eigenvalue weighted by molar-refractivity contribution is 5.82. The monoisotopic (exact) mass is 404 g/mol. The predicted molar refractivity (Wildman–Crippen MR) is 112 cm³/mol. The Bertz CT molecular complexity index is 1150. The Morgan fingerprint density at radius 2 is 1.97 bits per heavy atom. The van der Waals surface area contributed by atoms with E-state index in [-0.39, 0.29) is 12.0 Å². The van der Waals surface area contributed by atoms with Gasteiger partial charge >= 0.3 is 0 Å². The number of hydrogen-bond donors (Lipinski definition) is 1. The topological polar surface area (TPSA) is 36.4 Å². The lowest BCUT2D eigenvalue weighted by Gasteiger charge is -2.50. The number of aromatic nitrogens is 1. The number of pyridine rings is 1. The van der Waals surface area contributed by atoms with Crippen molar-refractivity contribution in [3.05, 3.63) is 77.5 Å². The van der Waals surface area contributed by atoms with Crippen LogP contribution in [0.3, 0.4) is 0 Å². The summed E-state index contributed by atoms with van der Waals surface area (Å²) in [6.07, 6.45) is 3.08. The molecule has 0 saturated carbocycles. The number of aliphatic hydroxyl groups is 1. The number of nitrogens with zero attached hydrogens (tertiary/aromatic N) is 2. The second kappa shape index (κ2) is 7.79. The second-order valence-electron chi connectivity index (χ2n) is 8.21. The Morgan fingerprint density at radius 3 is 2.77 bits per heavy atom. The molecule has 1 aromatic heterocycles. The maximum atomic E-state index is 13.4. The Hall–Kier alpha value is -2.81. The Kier molecular flexibility index (Phi) is 4.98. The van der Waals surface area contributed by atoms with Crippen LogP contribution in [0.5, 0.6) is 0 Å². The van der Waals surface area contributed by atoms with Crippen LogP contribution in [0.1, 0.15) is 30.1 Å². The molecule has 3 nitrogen and oxygen atoms in total. The molecule has 5 atom stereocenters. The Labute approximate surface area is 174 Å². The summed E-state index contributed by atoms with van der Waals surface area (Å²) in [6.45, 7) is 1.73. The molecule has 2 aromatic carbocycles. The number of halogens is 2. The molecule has 3 aliphatic rings. The van der Waals surface area contributed by atoms with E-state index in [9.17, 15) is 13.9 Å². The third-order valence-electron chi connectivity index (χ3n) is 6.49. The van der Waals surface area contributed by atoms with Crippen LogP contribution in [-0.4, -0.2) is 34.1 Å². The van der Waals surface area contributed by atoms with Gasteiger partial charge in [0.05, 0.1) is 11.6 Å². The molecule has 6 rings (SSSR count). The van der Waals surface area contributed by atoms with Crippen molar-refractivity contribution >= 4 is 10.9 Å². The molecule has 30 heavy (non-hydrogen) atoms. The number of piperidine rings is 3. The lowest BCUT2D eigenvalue weighted by atomic mass is 9.73. The van der Waals surface area contributed by atoms with Crippen molar-refractivity contribution < 1.29 is 13.9 Å². The first kappa shape index (κ1) is 19.2. The van der Waals surface area contributed by atoms with Crippen molar-refractivity contribution in [2.24, 2.45) is 11.8 Å². The van der Waals surface area contributed by atoms with Crippen LogP contribution in [0.4, 0.5) is 8.78 Å². The quantitative estimate of drug-likeness (QED) is 0.647. The van der Waals surface area contributed by atoms with E-state index in [1.54, 1.807) is 6.20 Å². The lowest BCUT2D eigenvalue weighted by molar-refractivity contribution is -0.0425. The first-order valence-electron chi connectivity index (χ1n) is 10.3. The summed E-state index contributed by atoms with van der Waals surface area (Å²) in [7, 11) is 0. The molecule has 0 amide bonds. The predicted octanol–water partition coefficient (Wildman–Crippen LogP) is 4.31. The molecule has 5 heteroatoms. The van der Waals surface area contributed by atoms with Gasteiger partial charge in [-0.1, -0.05) is 30.0 Å². The van der Waals surface area contributed by atoms with Gasteiger partial charge in [0, 0.05) is 35.7 Å². The average molecular weight is 404 g/mol. The van der Waals surface area contributed by atoms with Gasteiger partial charge in [0.25, 0.3) is 0 Å². The fourth-order valence-corrected chi connectivity index (χ4v) is 4.89. The van der Waals surface area contributed by atoms with Gasteiger partial charge in [-0.25, -0.2) is 8.78 Å². The zero-order valence-corrected chi connectivity index (χ0v) is 16.4. The fraction of sp³-hybridized carbons (Fsp3) is 0.320. The SMILES string of the molecule is O[C@H](c1ccnc2ccccc12)[C@@H]1C[C@@H]2CCN1C[C@@H]2C#Cc1ccc(F)c(F)c1. The summed E-state index contributed by atoms with van der Waals surface area (Å²) in [5.41, 5.74) is 2.30. The molecule has 0 spiro atoms. The van der Waals surface area contributed by atoms with Crippen molar-refractivity contribution in [3.63, 3.8) is 0 Å². The normalized spacial score (nSPS) is 26.2. The molecule has 3 fully saturated rings. The molecule has 2 bridgehead atoms. The second-order valence-corrected chi connectivity index (χ2v) is 8.21. The number of fused-ring (bicyclic) bond motifs is 4. The minimum atomic E-state index is -0.872. The smallest absolute Gasteiger partial charge is 0.160 e. The van der Waals surface area contributed by atoms with E-state index in [1.165, 1.54) is 6.07 Å². The Morgan fingerprint density at radius 1 is 1.10 bits per heavy atom. The van der Waals surface area contributed by atoms with Crippen molar-refractivity contribution in [1.29, 1.82) is 0 Å². The van der Waals surface area contributed by atoms with Gasteiger partial charge in [0.15, 0.2) is 11.6 Å². The molecule has 3 saturated heterocycles. The van der Waals surface area contributed by atoms with E-state index in [0.29, 0.717) is 11.5 Å². The Balaban J connectivity index is 1.35. The van der Waals surface area contributed by atoms with Crippen LogP contribution in [0.25, 0.3) is 10.9 Å². The van der Waals surface area contributed by atoms with Crippen molar-refractivity contribution in [3.8, 4) is 11.8 Å². The lowest BCUT2D eigenvalue weighted by Crippen LogP contribution is -2.55. The summed E-state index contributed by atoms with van der Waals surface area (Å²) < 4.78 is 26.5. The average Bonchev–Trinajstić information content (AvgIpc) is 2.79. The van der Waals surface area contributed by atoms with E-state index < -0.39 is 17.7 Å². The molecule has 3 aromatic rings. The van der Waals surface area contributed by atoms with Gasteiger partial charge in [-0.2, -0.15) is 0 Å². The number of benzene rings is 2. The van der Waals surface area contributed by atoms with Gasteiger partial charge in [0.1, 0.15) is 0 Å². The molecule has 3 aliphatic heterocycles. The minimum absolute atomic E-state index is 0.0517. The van der Waals surface area contributed by atoms with Crippen LogP contribution in [0.2, 0.25) is 0 Å². The summed E-state index contributed by atoms with van der Waals surface area (Å²) in [5.74, 6) is 5.12. The minimum Gasteiger partial charge on any atom is -0.387 e. The van der Waals surface area contributed by atoms with Crippen LogP contribution in [0.15, 0.2) is 54.7 Å². The van der Waals surface area contributed by atoms with Crippen LogP contribution in [-0.2, 0) is 0 Å². The van der Waals surface area contributed by atoms with E-state index in [1.807, 2.05) is 30.3 Å². The molecular weight excluding hydrogens is 382 g/mol. The number of para-hydroxylation sites is 1. The van der Waals surface area contributed by atoms with E-state index in [2.05, 4.69) is 21.7 Å². The molecule has 1 N–H and O–H groups in total. The van der Waals surface area contributed by atoms with E-state index >= 15 is 0 Å². The molecular formula is C25H22F2N2O. The van der Waals surface area contributed by atoms with Gasteiger partial charge in [-0.3, -0.25) is 9.88 Å². The highest BCUT2D eigenvalue weighted by Gasteiger charge is 2.42. The first-order valence-corrected chi connectivity index (χ1v) is 10.3. The van der Waals surface area contributed by atoms with Gasteiger partial charge in [-0.05, 0) is 61.2 Å². The summed E-state index contributed by atoms with van der Waals surface area (Å²) in [5, 5.41) is 12.2. The van der Waals surface area contributed by atoms with Crippen molar-refractivity contribution in [2.45, 2.75) is 25.0 Å². The van der Waals surface area contributed by atoms with Gasteiger partial charge in [0.2, 0.25) is 0 Å². The first-order chi connectivity index (χ1) is 14.6. The zero-order valence-electron chi connectivity index (χ0n) is 16.4. The molecule has 0 aliphatic carbocycles. The van der Waals surface area contributed by atoms with Crippen LogP contribution in [0, 0.1) is 35.3 Å². The van der Waals surface area contributed by atoms with Crippen molar-refractivity contribution in [1.82, 2.24) is 9.88 Å². The number of rotatable bonds is 2. The number of hydrogen-bond acceptors (Lipinski definition) is 3. The molecule has 1 unspecified atom stereocenters. The van der Waals surface area contributed by atoms with Gasteiger partial charge < -0.3 is 5.11 Å². The van der Waals surface area contributed by atoms with Crippen LogP contribution < -0.4 is 0 Å². The summed E-state index contributed by atoms with van der Waals surface area (Å²) in [4.78, 5) is 6.72. The maximum Gasteiger partial charge on any atom is 0.160 e. The van der Waals surface area contributed by atoms with Crippen molar-refractivity contribution in [2.75, 3.05) is 13.1 Å². The number of aliphatic hydroxyl groups excluding tert-OH is 1.